The van der Waals surface area contributed by atoms with E-state index in [1.54, 1.807) is 6.08 Å². The lowest BCUT2D eigenvalue weighted by molar-refractivity contribution is -0.124. The summed E-state index contributed by atoms with van der Waals surface area (Å²) < 4.78 is 0. The highest BCUT2D eigenvalue weighted by Gasteiger charge is 2.34. The number of nitrogens with zero attached hydrogens (tertiary/aromatic N) is 2. The Morgan fingerprint density at radius 3 is 2.73 bits per heavy atom. The van der Waals surface area contributed by atoms with E-state index in [1.807, 2.05) is 60.0 Å². The molecular formula is C24H20ClN3O3S2. The molecule has 3 amide bonds. The molecule has 1 N–H and O–H groups in total. The molecule has 6 nitrogen and oxygen atoms in total. The third-order valence-electron chi connectivity index (χ3n) is 4.81. The molecule has 0 aliphatic carbocycles. The first-order valence-electron chi connectivity index (χ1n) is 10.2. The van der Waals surface area contributed by atoms with E-state index >= 15 is 0 Å². The molecule has 0 bridgehead atoms. The zero-order valence-corrected chi connectivity index (χ0v) is 19.9. The average Bonchev–Trinajstić information content (AvgIpc) is 3.33. The van der Waals surface area contributed by atoms with Crippen LogP contribution in [0.2, 0.25) is 5.02 Å². The maximum Gasteiger partial charge on any atom is 0.293 e. The number of benzene rings is 2. The van der Waals surface area contributed by atoms with Gasteiger partial charge in [-0.3, -0.25) is 19.3 Å². The normalized spacial score (nSPS) is 14.8. The molecule has 0 spiro atoms. The molecular weight excluding hydrogens is 478 g/mol. The van der Waals surface area contributed by atoms with Crippen LogP contribution in [0.4, 0.5) is 4.79 Å². The van der Waals surface area contributed by atoms with Gasteiger partial charge in [0.05, 0.1) is 22.0 Å². The fourth-order valence-corrected chi connectivity index (χ4v) is 5.17. The predicted octanol–water partition coefficient (Wildman–Crippen LogP) is 4.78. The van der Waals surface area contributed by atoms with E-state index in [1.165, 1.54) is 11.3 Å². The third-order valence-corrected chi connectivity index (χ3v) is 6.85. The first-order valence-corrected chi connectivity index (χ1v) is 12.3. The van der Waals surface area contributed by atoms with Crippen LogP contribution < -0.4 is 5.32 Å². The number of carbonyl (C=O) groups excluding carboxylic acids is 3. The Balaban J connectivity index is 1.25. The summed E-state index contributed by atoms with van der Waals surface area (Å²) >= 11 is 8.43. The van der Waals surface area contributed by atoms with Crippen LogP contribution in [0.15, 0.2) is 64.9 Å². The molecule has 1 aromatic heterocycles. The number of thioether (sulfide) groups is 1. The first-order chi connectivity index (χ1) is 16.0. The summed E-state index contributed by atoms with van der Waals surface area (Å²) in [5, 5.41) is 5.88. The van der Waals surface area contributed by atoms with Gasteiger partial charge in [-0.15, -0.1) is 11.3 Å². The Labute approximate surface area is 204 Å². The van der Waals surface area contributed by atoms with Crippen LogP contribution in [0.3, 0.4) is 0 Å². The van der Waals surface area contributed by atoms with E-state index in [0.29, 0.717) is 22.0 Å². The van der Waals surface area contributed by atoms with Crippen LogP contribution in [-0.2, 0) is 22.4 Å². The van der Waals surface area contributed by atoms with E-state index in [9.17, 15) is 14.4 Å². The lowest BCUT2D eigenvalue weighted by atomic mass is 10.2. The molecule has 1 saturated heterocycles. The molecule has 168 valence electrons. The van der Waals surface area contributed by atoms with Crippen LogP contribution in [0.5, 0.6) is 0 Å². The van der Waals surface area contributed by atoms with Gasteiger partial charge in [0.2, 0.25) is 5.91 Å². The Morgan fingerprint density at radius 2 is 1.94 bits per heavy atom. The van der Waals surface area contributed by atoms with E-state index in [4.69, 9.17) is 11.6 Å². The van der Waals surface area contributed by atoms with E-state index in [0.717, 1.165) is 32.8 Å². The number of hydrogen-bond donors (Lipinski definition) is 1. The number of thiazole rings is 1. The molecule has 1 aliphatic heterocycles. The zero-order valence-electron chi connectivity index (χ0n) is 17.5. The monoisotopic (exact) mass is 497 g/mol. The van der Waals surface area contributed by atoms with Gasteiger partial charge in [-0.1, -0.05) is 54.1 Å². The van der Waals surface area contributed by atoms with Crippen LogP contribution >= 0.6 is 34.7 Å². The molecule has 0 saturated carbocycles. The zero-order chi connectivity index (χ0) is 23.2. The van der Waals surface area contributed by atoms with Gasteiger partial charge >= 0.3 is 0 Å². The van der Waals surface area contributed by atoms with E-state index in [2.05, 4.69) is 10.3 Å². The van der Waals surface area contributed by atoms with Crippen molar-refractivity contribution in [2.24, 2.45) is 0 Å². The van der Waals surface area contributed by atoms with Crippen molar-refractivity contribution in [2.45, 2.75) is 12.8 Å². The van der Waals surface area contributed by atoms with Gasteiger partial charge in [-0.05, 0) is 41.1 Å². The lowest BCUT2D eigenvalue weighted by Gasteiger charge is -2.12. The van der Waals surface area contributed by atoms with Gasteiger partial charge < -0.3 is 5.32 Å². The molecule has 1 aliphatic rings. The summed E-state index contributed by atoms with van der Waals surface area (Å²) in [6.45, 7) is 0.314. The maximum absolute atomic E-state index is 12.5. The van der Waals surface area contributed by atoms with Crippen molar-refractivity contribution >= 4 is 57.8 Å². The van der Waals surface area contributed by atoms with Gasteiger partial charge in [0.25, 0.3) is 11.1 Å². The van der Waals surface area contributed by atoms with Gasteiger partial charge in [-0.2, -0.15) is 0 Å². The summed E-state index contributed by atoms with van der Waals surface area (Å²) in [6, 6.07) is 17.0. The second-order valence-electron chi connectivity index (χ2n) is 7.31. The third kappa shape index (κ3) is 6.31. The summed E-state index contributed by atoms with van der Waals surface area (Å²) in [6.07, 6.45) is 2.50. The van der Waals surface area contributed by atoms with Crippen LogP contribution in [0.25, 0.3) is 6.08 Å². The Bertz CT molecular complexity index is 1210. The number of aromatic nitrogens is 1. The minimum atomic E-state index is -0.340. The van der Waals surface area contributed by atoms with Gasteiger partial charge in [-0.25, -0.2) is 4.98 Å². The number of halogens is 1. The molecule has 4 rings (SSSR count). The van der Waals surface area contributed by atoms with Crippen molar-refractivity contribution < 1.29 is 14.4 Å². The standard InChI is InChI=1S/C24H20ClN3O3S2/c25-18-8-4-7-17(11-18)13-22-27-19(15-32-22)14-21(29)26-9-10-28-23(30)20(33-24(28)31)12-16-5-2-1-3-6-16/h1-8,11-12,15H,9-10,13-14H2,(H,26,29)/b20-12-. The summed E-state index contributed by atoms with van der Waals surface area (Å²) in [5.74, 6) is -0.547. The molecule has 0 atom stereocenters. The molecule has 2 heterocycles. The number of imide groups is 1. The van der Waals surface area contributed by atoms with E-state index in [-0.39, 0.29) is 36.6 Å². The van der Waals surface area contributed by atoms with Crippen molar-refractivity contribution in [3.63, 3.8) is 0 Å². The summed E-state index contributed by atoms with van der Waals surface area (Å²) in [4.78, 5) is 43.1. The second kappa shape index (κ2) is 10.8. The molecule has 1 fully saturated rings. The van der Waals surface area contributed by atoms with Crippen LogP contribution in [0, 0.1) is 0 Å². The summed E-state index contributed by atoms with van der Waals surface area (Å²) in [7, 11) is 0. The summed E-state index contributed by atoms with van der Waals surface area (Å²) in [5.41, 5.74) is 2.60. The molecule has 33 heavy (non-hydrogen) atoms. The largest absolute Gasteiger partial charge is 0.354 e. The lowest BCUT2D eigenvalue weighted by Crippen LogP contribution is -2.37. The van der Waals surface area contributed by atoms with Crippen LogP contribution in [0.1, 0.15) is 21.8 Å². The SMILES string of the molecule is O=C(Cc1csc(Cc2cccc(Cl)c2)n1)NCCN1C(=O)S/C(=C\c2ccccc2)C1=O. The van der Waals surface area contributed by atoms with Crippen molar-refractivity contribution in [3.8, 4) is 0 Å². The first kappa shape index (κ1) is 23.2. The highest BCUT2D eigenvalue weighted by Crippen LogP contribution is 2.31. The van der Waals surface area contributed by atoms with Gasteiger partial charge in [0.1, 0.15) is 0 Å². The van der Waals surface area contributed by atoms with Crippen molar-refractivity contribution in [2.75, 3.05) is 13.1 Å². The number of amides is 3. The molecule has 2 aromatic carbocycles. The van der Waals surface area contributed by atoms with Crippen molar-refractivity contribution in [1.29, 1.82) is 0 Å². The number of hydrogen-bond acceptors (Lipinski definition) is 6. The Kier molecular flexibility index (Phi) is 7.59. The number of nitrogens with one attached hydrogen (secondary N) is 1. The molecule has 3 aromatic rings. The number of carbonyl (C=O) groups is 3. The van der Waals surface area contributed by atoms with Crippen molar-refractivity contribution in [3.05, 3.63) is 91.7 Å². The Morgan fingerprint density at radius 1 is 1.12 bits per heavy atom. The topological polar surface area (TPSA) is 79.4 Å². The highest BCUT2D eigenvalue weighted by atomic mass is 35.5. The highest BCUT2D eigenvalue weighted by molar-refractivity contribution is 8.18. The van der Waals surface area contributed by atoms with Crippen LogP contribution in [-0.4, -0.2) is 40.0 Å². The van der Waals surface area contributed by atoms with E-state index < -0.39 is 0 Å². The molecule has 0 radical (unpaired) electrons. The molecule has 9 heteroatoms. The predicted molar refractivity (Wildman–Crippen MR) is 132 cm³/mol. The smallest absolute Gasteiger partial charge is 0.293 e. The minimum Gasteiger partial charge on any atom is -0.354 e. The van der Waals surface area contributed by atoms with Crippen molar-refractivity contribution in [1.82, 2.24) is 15.2 Å². The second-order valence-corrected chi connectivity index (χ2v) is 9.68. The Hall–Kier alpha value is -2.94. The van der Waals surface area contributed by atoms with Gasteiger partial charge in [0, 0.05) is 29.9 Å². The number of rotatable bonds is 8. The average molecular weight is 498 g/mol. The maximum atomic E-state index is 12.5. The van der Waals surface area contributed by atoms with Gasteiger partial charge in [0.15, 0.2) is 0 Å². The fraction of sp³-hybridized carbons (Fsp3) is 0.167. The quantitative estimate of drug-likeness (QED) is 0.453. The molecule has 0 unspecified atom stereocenters. The fourth-order valence-electron chi connectivity index (χ4n) is 3.26. The minimum absolute atomic E-state index is 0.125.